The van der Waals surface area contributed by atoms with E-state index in [-0.39, 0.29) is 18.0 Å². The number of hydrogen-bond donors (Lipinski definition) is 1. The molecule has 0 unspecified atom stereocenters. The van der Waals surface area contributed by atoms with Crippen LogP contribution in [0.15, 0.2) is 29.2 Å². The van der Waals surface area contributed by atoms with Crippen molar-refractivity contribution in [3.05, 3.63) is 34.4 Å². The molecular formula is C12H16N4O4S2. The van der Waals surface area contributed by atoms with Crippen molar-refractivity contribution in [2.24, 2.45) is 0 Å². The Balaban J connectivity index is 2.23. The second kappa shape index (κ2) is 6.55. The number of nitrogens with zero attached hydrogens (tertiary/aromatic N) is 3. The average molecular weight is 344 g/mol. The zero-order valence-corrected chi connectivity index (χ0v) is 13.6. The third-order valence-electron chi connectivity index (χ3n) is 3.42. The summed E-state index contributed by atoms with van der Waals surface area (Å²) < 4.78 is 26.5. The first-order valence-corrected chi connectivity index (χ1v) is 8.43. The summed E-state index contributed by atoms with van der Waals surface area (Å²) in [4.78, 5) is 11.9. The quantitative estimate of drug-likeness (QED) is 0.482. The lowest BCUT2D eigenvalue weighted by Gasteiger charge is -2.35. The van der Waals surface area contributed by atoms with Crippen LogP contribution in [0.5, 0.6) is 0 Å². The lowest BCUT2D eigenvalue weighted by Crippen LogP contribution is -2.52. The molecule has 0 bridgehead atoms. The molecule has 2 rings (SSSR count). The highest BCUT2D eigenvalue weighted by atomic mass is 32.2. The van der Waals surface area contributed by atoms with E-state index >= 15 is 0 Å². The Morgan fingerprint density at radius 1 is 1.27 bits per heavy atom. The van der Waals surface area contributed by atoms with Crippen LogP contribution in [-0.4, -0.2) is 60.9 Å². The number of para-hydroxylation sites is 1. The van der Waals surface area contributed by atoms with Crippen LogP contribution in [-0.2, 0) is 10.0 Å². The lowest BCUT2D eigenvalue weighted by molar-refractivity contribution is -0.387. The maximum atomic E-state index is 12.6. The summed E-state index contributed by atoms with van der Waals surface area (Å²) in [5, 5.41) is 14.4. The number of benzene rings is 1. The summed E-state index contributed by atoms with van der Waals surface area (Å²) in [6, 6.07) is 5.38. The zero-order chi connectivity index (χ0) is 16.3. The number of hydrogen-bond acceptors (Lipinski definition) is 5. The Morgan fingerprint density at radius 3 is 2.41 bits per heavy atom. The summed E-state index contributed by atoms with van der Waals surface area (Å²) in [5.74, 6) is 0. The number of nitro groups is 1. The SMILES string of the molecule is CNC(=S)N1CCN(S(=O)(=O)c2ccccc2[N+](=O)[O-])CC1. The van der Waals surface area contributed by atoms with Crippen molar-refractivity contribution in [1.29, 1.82) is 0 Å². The van der Waals surface area contributed by atoms with E-state index in [0.717, 1.165) is 0 Å². The van der Waals surface area contributed by atoms with Gasteiger partial charge in [-0.25, -0.2) is 8.42 Å². The summed E-state index contributed by atoms with van der Waals surface area (Å²) in [6.45, 7) is 1.35. The minimum absolute atomic E-state index is 0.232. The fourth-order valence-electron chi connectivity index (χ4n) is 2.25. The minimum atomic E-state index is -3.89. The summed E-state index contributed by atoms with van der Waals surface area (Å²) in [7, 11) is -2.19. The van der Waals surface area contributed by atoms with Crippen molar-refractivity contribution in [2.45, 2.75) is 4.90 Å². The molecule has 0 radical (unpaired) electrons. The van der Waals surface area contributed by atoms with E-state index in [0.29, 0.717) is 18.2 Å². The summed E-state index contributed by atoms with van der Waals surface area (Å²) >= 11 is 5.11. The van der Waals surface area contributed by atoms with Gasteiger partial charge in [0.25, 0.3) is 5.69 Å². The summed E-state index contributed by atoms with van der Waals surface area (Å²) in [5.41, 5.74) is -0.407. The molecule has 0 aromatic heterocycles. The molecule has 22 heavy (non-hydrogen) atoms. The molecule has 1 aliphatic rings. The van der Waals surface area contributed by atoms with E-state index in [9.17, 15) is 18.5 Å². The summed E-state index contributed by atoms with van der Waals surface area (Å²) in [6.07, 6.45) is 0. The highest BCUT2D eigenvalue weighted by Gasteiger charge is 2.33. The van der Waals surface area contributed by atoms with Crippen molar-refractivity contribution in [2.75, 3.05) is 33.2 Å². The van der Waals surface area contributed by atoms with Gasteiger partial charge in [0, 0.05) is 39.3 Å². The molecule has 0 amide bonds. The van der Waals surface area contributed by atoms with Gasteiger partial charge in [-0.1, -0.05) is 12.1 Å². The van der Waals surface area contributed by atoms with E-state index < -0.39 is 20.6 Å². The third kappa shape index (κ3) is 3.18. The van der Waals surface area contributed by atoms with Crippen molar-refractivity contribution in [3.8, 4) is 0 Å². The van der Waals surface area contributed by atoms with Gasteiger partial charge >= 0.3 is 0 Å². The fourth-order valence-corrected chi connectivity index (χ4v) is 4.02. The molecule has 1 aromatic carbocycles. The second-order valence-electron chi connectivity index (χ2n) is 4.67. The smallest absolute Gasteiger partial charge is 0.289 e. The maximum Gasteiger partial charge on any atom is 0.289 e. The monoisotopic (exact) mass is 344 g/mol. The molecule has 1 saturated heterocycles. The molecule has 1 aliphatic heterocycles. The van der Waals surface area contributed by atoms with E-state index in [4.69, 9.17) is 12.2 Å². The number of sulfonamides is 1. The van der Waals surface area contributed by atoms with Crippen molar-refractivity contribution in [1.82, 2.24) is 14.5 Å². The average Bonchev–Trinajstić information content (AvgIpc) is 2.54. The fraction of sp³-hybridized carbons (Fsp3) is 0.417. The minimum Gasteiger partial charge on any atom is -0.366 e. The molecule has 8 nitrogen and oxygen atoms in total. The van der Waals surface area contributed by atoms with Gasteiger partial charge in [-0.05, 0) is 18.3 Å². The Morgan fingerprint density at radius 2 is 1.86 bits per heavy atom. The van der Waals surface area contributed by atoms with Crippen molar-refractivity contribution >= 4 is 33.0 Å². The van der Waals surface area contributed by atoms with Crippen molar-refractivity contribution < 1.29 is 13.3 Å². The van der Waals surface area contributed by atoms with Gasteiger partial charge in [-0.2, -0.15) is 4.31 Å². The first-order chi connectivity index (χ1) is 10.4. The number of thiocarbonyl (C=S) groups is 1. The second-order valence-corrected chi connectivity index (χ2v) is 6.96. The Labute approximate surface area is 133 Å². The number of nitro benzene ring substituents is 1. The molecule has 120 valence electrons. The highest BCUT2D eigenvalue weighted by molar-refractivity contribution is 7.89. The Hall–Kier alpha value is -1.78. The van der Waals surface area contributed by atoms with Gasteiger partial charge < -0.3 is 10.2 Å². The molecule has 0 aliphatic carbocycles. The van der Waals surface area contributed by atoms with Crippen LogP contribution in [0.2, 0.25) is 0 Å². The maximum absolute atomic E-state index is 12.6. The molecule has 1 heterocycles. The molecule has 1 fully saturated rings. The van der Waals surface area contributed by atoms with Gasteiger partial charge in [0.05, 0.1) is 4.92 Å². The van der Waals surface area contributed by atoms with Gasteiger partial charge in [-0.15, -0.1) is 0 Å². The Bertz CT molecular complexity index is 684. The predicted molar refractivity (Wildman–Crippen MR) is 85.1 cm³/mol. The molecule has 10 heteroatoms. The van der Waals surface area contributed by atoms with Crippen LogP contribution < -0.4 is 5.32 Å². The zero-order valence-electron chi connectivity index (χ0n) is 11.9. The molecule has 1 N–H and O–H groups in total. The van der Waals surface area contributed by atoms with E-state index in [1.165, 1.54) is 28.6 Å². The number of nitrogens with one attached hydrogen (secondary N) is 1. The van der Waals surface area contributed by atoms with E-state index in [2.05, 4.69) is 5.32 Å². The standard InChI is InChI=1S/C12H16N4O4S2/c1-13-12(21)14-6-8-15(9-7-14)22(19,20)11-5-3-2-4-10(11)16(17)18/h2-5H,6-9H2,1H3,(H,13,21). The van der Waals surface area contributed by atoms with Gasteiger partial charge in [0.2, 0.25) is 10.0 Å². The van der Waals surface area contributed by atoms with Crippen molar-refractivity contribution in [3.63, 3.8) is 0 Å². The van der Waals surface area contributed by atoms with Gasteiger partial charge in [0.1, 0.15) is 0 Å². The predicted octanol–water partition coefficient (Wildman–Crippen LogP) is 0.405. The van der Waals surface area contributed by atoms with Crippen LogP contribution >= 0.6 is 12.2 Å². The Kier molecular flexibility index (Phi) is 4.94. The topological polar surface area (TPSA) is 95.8 Å². The number of rotatable bonds is 3. The normalized spacial score (nSPS) is 16.3. The van der Waals surface area contributed by atoms with Crippen LogP contribution in [0.3, 0.4) is 0 Å². The molecule has 0 spiro atoms. The largest absolute Gasteiger partial charge is 0.366 e. The first kappa shape index (κ1) is 16.6. The van der Waals surface area contributed by atoms with E-state index in [1.54, 1.807) is 7.05 Å². The molecule has 1 aromatic rings. The number of piperazine rings is 1. The van der Waals surface area contributed by atoms with Gasteiger partial charge in [0.15, 0.2) is 10.0 Å². The molecular weight excluding hydrogens is 328 g/mol. The molecule has 0 saturated carbocycles. The van der Waals surface area contributed by atoms with Crippen LogP contribution in [0.1, 0.15) is 0 Å². The van der Waals surface area contributed by atoms with Crippen LogP contribution in [0.4, 0.5) is 5.69 Å². The van der Waals surface area contributed by atoms with E-state index in [1.807, 2.05) is 4.90 Å². The molecule has 0 atom stereocenters. The third-order valence-corrected chi connectivity index (χ3v) is 5.83. The first-order valence-electron chi connectivity index (χ1n) is 6.58. The van der Waals surface area contributed by atoms with Crippen LogP contribution in [0, 0.1) is 10.1 Å². The van der Waals surface area contributed by atoms with Crippen LogP contribution in [0.25, 0.3) is 0 Å². The van der Waals surface area contributed by atoms with Gasteiger partial charge in [-0.3, -0.25) is 10.1 Å². The highest BCUT2D eigenvalue weighted by Crippen LogP contribution is 2.26. The lowest BCUT2D eigenvalue weighted by atomic mass is 10.3.